The first kappa shape index (κ1) is 19.8. The molecule has 9 heteroatoms. The summed E-state index contributed by atoms with van der Waals surface area (Å²) >= 11 is 0. The molecule has 1 N–H and O–H groups in total. The van der Waals surface area contributed by atoms with E-state index in [0.29, 0.717) is 43.4 Å². The minimum absolute atomic E-state index is 0.102. The van der Waals surface area contributed by atoms with Crippen LogP contribution in [0.15, 0.2) is 41.2 Å². The van der Waals surface area contributed by atoms with Gasteiger partial charge in [0.2, 0.25) is 12.0 Å². The summed E-state index contributed by atoms with van der Waals surface area (Å²) in [7, 11) is 0. The number of fused-ring (bicyclic) bond motifs is 1. The first-order chi connectivity index (χ1) is 14.4. The van der Waals surface area contributed by atoms with Crippen LogP contribution in [0.3, 0.4) is 0 Å². The second-order valence-electron chi connectivity index (χ2n) is 7.35. The van der Waals surface area contributed by atoms with Crippen molar-refractivity contribution in [3.05, 3.63) is 52.4 Å². The second-order valence-corrected chi connectivity index (χ2v) is 7.35. The lowest BCUT2D eigenvalue weighted by Crippen LogP contribution is -2.55. The van der Waals surface area contributed by atoms with Gasteiger partial charge in [0.1, 0.15) is 18.9 Å². The number of benzene rings is 1. The fraction of sp³-hybridized carbons (Fsp3) is 0.381. The summed E-state index contributed by atoms with van der Waals surface area (Å²) < 4.78 is 12.7. The normalized spacial score (nSPS) is 18.2. The molecular formula is C21H23N3O6. The van der Waals surface area contributed by atoms with E-state index in [1.807, 2.05) is 12.1 Å². The highest BCUT2D eigenvalue weighted by Gasteiger charge is 2.33. The van der Waals surface area contributed by atoms with Gasteiger partial charge in [0.05, 0.1) is 0 Å². The molecule has 30 heavy (non-hydrogen) atoms. The summed E-state index contributed by atoms with van der Waals surface area (Å²) in [5, 5.41) is 9.48. The van der Waals surface area contributed by atoms with Crippen LogP contribution in [0.5, 0.6) is 17.2 Å². The first-order valence-electron chi connectivity index (χ1n) is 9.78. The molecule has 0 radical (unpaired) electrons. The molecule has 3 heterocycles. The van der Waals surface area contributed by atoms with E-state index in [1.165, 1.54) is 10.6 Å². The number of nitrogens with zero attached hydrogens (tertiary/aromatic N) is 3. The highest BCUT2D eigenvalue weighted by atomic mass is 16.6. The van der Waals surface area contributed by atoms with E-state index in [-0.39, 0.29) is 30.7 Å². The summed E-state index contributed by atoms with van der Waals surface area (Å²) in [6.45, 7) is 3.23. The molecule has 2 aliphatic heterocycles. The molecule has 1 atom stereocenters. The Hall–Kier alpha value is -3.49. The number of hydrogen-bond donors (Lipinski definition) is 1. The van der Waals surface area contributed by atoms with Crippen molar-refractivity contribution in [2.75, 3.05) is 32.8 Å². The summed E-state index contributed by atoms with van der Waals surface area (Å²) in [6, 6.07) is 9.74. The smallest absolute Gasteiger partial charge is 0.267 e. The number of piperazine rings is 1. The summed E-state index contributed by atoms with van der Waals surface area (Å²) in [5.41, 5.74) is 0.0845. The number of aromatic hydroxyl groups is 1. The molecule has 2 aromatic rings. The van der Waals surface area contributed by atoms with Crippen molar-refractivity contribution in [3.8, 4) is 17.2 Å². The zero-order chi connectivity index (χ0) is 21.3. The van der Waals surface area contributed by atoms with Crippen molar-refractivity contribution < 1.29 is 24.2 Å². The Bertz CT molecular complexity index is 1030. The molecule has 1 aromatic carbocycles. The Morgan fingerprint density at radius 2 is 1.73 bits per heavy atom. The largest absolute Gasteiger partial charge is 0.508 e. The number of pyridine rings is 1. The number of hydrogen-bond acceptors (Lipinski definition) is 6. The molecule has 0 bridgehead atoms. The number of aromatic nitrogens is 1. The Morgan fingerprint density at radius 1 is 1.07 bits per heavy atom. The second kappa shape index (κ2) is 8.10. The third kappa shape index (κ3) is 3.96. The van der Waals surface area contributed by atoms with Crippen LogP contribution in [-0.4, -0.2) is 70.2 Å². The highest BCUT2D eigenvalue weighted by Crippen LogP contribution is 2.31. The van der Waals surface area contributed by atoms with Crippen molar-refractivity contribution in [2.24, 2.45) is 0 Å². The van der Waals surface area contributed by atoms with E-state index in [0.717, 1.165) is 6.07 Å². The molecule has 158 valence electrons. The molecule has 4 rings (SSSR count). The lowest BCUT2D eigenvalue weighted by atomic mass is 10.2. The van der Waals surface area contributed by atoms with Crippen LogP contribution in [0.25, 0.3) is 0 Å². The van der Waals surface area contributed by atoms with Crippen LogP contribution in [0.1, 0.15) is 5.69 Å². The number of carbonyl (C=O) groups is 2. The molecule has 0 saturated carbocycles. The zero-order valence-electron chi connectivity index (χ0n) is 16.6. The number of para-hydroxylation sites is 2. The average molecular weight is 413 g/mol. The van der Waals surface area contributed by atoms with E-state index >= 15 is 0 Å². The maximum Gasteiger partial charge on any atom is 0.267 e. The minimum atomic E-state index is -0.708. The van der Waals surface area contributed by atoms with Gasteiger partial charge in [-0.2, -0.15) is 0 Å². The first-order valence-corrected chi connectivity index (χ1v) is 9.78. The zero-order valence-corrected chi connectivity index (χ0v) is 16.6. The monoisotopic (exact) mass is 413 g/mol. The van der Waals surface area contributed by atoms with Crippen LogP contribution in [0.4, 0.5) is 0 Å². The lowest BCUT2D eigenvalue weighted by molar-refractivity contribution is -0.146. The lowest BCUT2D eigenvalue weighted by Gasteiger charge is -2.37. The van der Waals surface area contributed by atoms with Gasteiger partial charge in [0.15, 0.2) is 11.5 Å². The number of rotatable bonds is 3. The maximum atomic E-state index is 12.8. The molecule has 2 amide bonds. The number of amides is 2. The molecule has 2 aliphatic rings. The van der Waals surface area contributed by atoms with Gasteiger partial charge < -0.3 is 28.9 Å². The van der Waals surface area contributed by atoms with Gasteiger partial charge >= 0.3 is 0 Å². The van der Waals surface area contributed by atoms with E-state index in [9.17, 15) is 19.5 Å². The SMILES string of the molecule is Cc1cc(O)cc(=O)n1CC(=O)N1CCN(C(=O)[C@@H]2COc3ccccc3O2)CC1. The number of aryl methyl sites for hydroxylation is 1. The van der Waals surface area contributed by atoms with E-state index in [2.05, 4.69) is 0 Å². The van der Waals surface area contributed by atoms with Crippen molar-refractivity contribution in [1.82, 2.24) is 14.4 Å². The number of carbonyl (C=O) groups excluding carboxylic acids is 2. The van der Waals surface area contributed by atoms with Crippen LogP contribution in [0, 0.1) is 6.92 Å². The molecule has 1 fully saturated rings. The number of ether oxygens (including phenoxy) is 2. The van der Waals surface area contributed by atoms with E-state index in [4.69, 9.17) is 9.47 Å². The van der Waals surface area contributed by atoms with E-state index < -0.39 is 11.7 Å². The predicted molar refractivity (Wildman–Crippen MR) is 107 cm³/mol. The fourth-order valence-corrected chi connectivity index (χ4v) is 3.67. The maximum absolute atomic E-state index is 12.8. The Kier molecular flexibility index (Phi) is 5.35. The Labute approximate surface area is 173 Å². The summed E-state index contributed by atoms with van der Waals surface area (Å²) in [5.74, 6) is 0.679. The third-order valence-electron chi connectivity index (χ3n) is 5.34. The van der Waals surface area contributed by atoms with Gasteiger partial charge in [-0.3, -0.25) is 14.4 Å². The summed E-state index contributed by atoms with van der Waals surface area (Å²) in [6.07, 6.45) is -0.708. The van der Waals surface area contributed by atoms with E-state index in [1.54, 1.807) is 28.9 Å². The molecule has 1 saturated heterocycles. The van der Waals surface area contributed by atoms with Gasteiger partial charge in [0.25, 0.3) is 11.5 Å². The third-order valence-corrected chi connectivity index (χ3v) is 5.34. The predicted octanol–water partition coefficient (Wildman–Crippen LogP) is 0.373. The van der Waals surface area contributed by atoms with Crippen LogP contribution in [0.2, 0.25) is 0 Å². The van der Waals surface area contributed by atoms with Gasteiger partial charge in [-0.15, -0.1) is 0 Å². The molecule has 9 nitrogen and oxygen atoms in total. The van der Waals surface area contributed by atoms with Crippen LogP contribution >= 0.6 is 0 Å². The molecule has 0 spiro atoms. The highest BCUT2D eigenvalue weighted by molar-refractivity contribution is 5.82. The van der Waals surface area contributed by atoms with Gasteiger partial charge in [0, 0.05) is 37.9 Å². The quantitative estimate of drug-likeness (QED) is 0.781. The van der Waals surface area contributed by atoms with Crippen molar-refractivity contribution in [3.63, 3.8) is 0 Å². The molecule has 1 aromatic heterocycles. The van der Waals surface area contributed by atoms with Crippen molar-refractivity contribution >= 4 is 11.8 Å². The fourth-order valence-electron chi connectivity index (χ4n) is 3.67. The van der Waals surface area contributed by atoms with Gasteiger partial charge in [-0.05, 0) is 25.1 Å². The minimum Gasteiger partial charge on any atom is -0.508 e. The van der Waals surface area contributed by atoms with Crippen molar-refractivity contribution in [1.29, 1.82) is 0 Å². The average Bonchev–Trinajstić information content (AvgIpc) is 2.75. The Balaban J connectivity index is 1.33. The Morgan fingerprint density at radius 3 is 2.43 bits per heavy atom. The van der Waals surface area contributed by atoms with Crippen LogP contribution < -0.4 is 15.0 Å². The topological polar surface area (TPSA) is 101 Å². The molecular weight excluding hydrogens is 390 g/mol. The van der Waals surface area contributed by atoms with Crippen molar-refractivity contribution in [2.45, 2.75) is 19.6 Å². The summed E-state index contributed by atoms with van der Waals surface area (Å²) in [4.78, 5) is 40.8. The van der Waals surface area contributed by atoms with Gasteiger partial charge in [-0.1, -0.05) is 12.1 Å². The standard InChI is InChI=1S/C21H23N3O6/c1-14-10-15(25)11-19(26)24(14)12-20(27)22-6-8-23(9-7-22)21(28)18-13-29-16-4-2-3-5-17(16)30-18/h2-5,10-11,18,25H,6-9,12-13H2,1H3/t18-/m0/s1. The van der Waals surface area contributed by atoms with Gasteiger partial charge in [-0.25, -0.2) is 0 Å². The molecule has 0 unspecified atom stereocenters. The van der Waals surface area contributed by atoms with Crippen LogP contribution in [-0.2, 0) is 16.1 Å². The molecule has 0 aliphatic carbocycles.